The van der Waals surface area contributed by atoms with E-state index in [1.165, 1.54) is 0 Å². The van der Waals surface area contributed by atoms with Gasteiger partial charge in [-0.2, -0.15) is 0 Å². The molecule has 2 heterocycles. The van der Waals surface area contributed by atoms with Gasteiger partial charge in [0.25, 0.3) is 5.22 Å². The monoisotopic (exact) mass is 283 g/mol. The first-order valence-corrected chi connectivity index (χ1v) is 6.66. The first-order valence-electron chi connectivity index (χ1n) is 5.84. The molecule has 0 aliphatic heterocycles. The molecule has 0 N–H and O–H groups in total. The molecule has 0 radical (unpaired) electrons. The minimum atomic E-state index is -0.129. The van der Waals surface area contributed by atoms with Crippen LogP contribution in [0.3, 0.4) is 0 Å². The number of carbonyl (C=O) groups is 1. The summed E-state index contributed by atoms with van der Waals surface area (Å²) >= 11 is 0.917. The minimum absolute atomic E-state index is 0.129. The van der Waals surface area contributed by atoms with Crippen molar-refractivity contribution >= 4 is 16.9 Å². The first kappa shape index (κ1) is 12.6. The van der Waals surface area contributed by atoms with E-state index < -0.39 is 0 Å². The summed E-state index contributed by atoms with van der Waals surface area (Å²) < 4.78 is 5.45. The van der Waals surface area contributed by atoms with Gasteiger partial charge in [0.05, 0.1) is 0 Å². The maximum Gasteiger partial charge on any atom is 0.284 e. The average molecular weight is 283 g/mol. The SMILES string of the molecule is O=C(Sc1nnc(-c2ccncc2)o1)c1ccccc1. The number of rotatable bonds is 3. The minimum Gasteiger partial charge on any atom is -0.411 e. The molecule has 98 valence electrons. The molecule has 0 saturated heterocycles. The second-order valence-corrected chi connectivity index (χ2v) is 4.79. The summed E-state index contributed by atoms with van der Waals surface area (Å²) in [7, 11) is 0. The van der Waals surface area contributed by atoms with Crippen LogP contribution in [0.4, 0.5) is 0 Å². The van der Waals surface area contributed by atoms with E-state index >= 15 is 0 Å². The van der Waals surface area contributed by atoms with Gasteiger partial charge in [-0.3, -0.25) is 9.78 Å². The van der Waals surface area contributed by atoms with E-state index in [9.17, 15) is 4.79 Å². The average Bonchev–Trinajstić information content (AvgIpc) is 2.97. The fraction of sp³-hybridized carbons (Fsp3) is 0. The molecule has 3 aromatic rings. The first-order chi connectivity index (χ1) is 9.83. The van der Waals surface area contributed by atoms with Crippen molar-refractivity contribution in [3.05, 3.63) is 60.4 Å². The van der Waals surface area contributed by atoms with Crippen LogP contribution in [0.2, 0.25) is 0 Å². The van der Waals surface area contributed by atoms with Crippen molar-refractivity contribution in [3.63, 3.8) is 0 Å². The molecule has 5 nitrogen and oxygen atoms in total. The van der Waals surface area contributed by atoms with Crippen LogP contribution < -0.4 is 0 Å². The molecule has 0 unspecified atom stereocenters. The highest BCUT2D eigenvalue weighted by Crippen LogP contribution is 2.25. The Balaban J connectivity index is 1.77. The molecule has 0 spiro atoms. The van der Waals surface area contributed by atoms with Gasteiger partial charge in [0.1, 0.15) is 0 Å². The molecule has 0 saturated carbocycles. The third kappa shape index (κ3) is 2.75. The molecule has 1 aromatic carbocycles. The number of thioether (sulfide) groups is 1. The van der Waals surface area contributed by atoms with E-state index in [-0.39, 0.29) is 10.3 Å². The van der Waals surface area contributed by atoms with Crippen molar-refractivity contribution in [2.45, 2.75) is 5.22 Å². The van der Waals surface area contributed by atoms with Crippen molar-refractivity contribution in [1.29, 1.82) is 0 Å². The second kappa shape index (κ2) is 5.66. The molecule has 0 aliphatic carbocycles. The number of benzene rings is 1. The predicted molar refractivity (Wildman–Crippen MR) is 74.2 cm³/mol. The summed E-state index contributed by atoms with van der Waals surface area (Å²) in [6.07, 6.45) is 3.28. The smallest absolute Gasteiger partial charge is 0.284 e. The van der Waals surface area contributed by atoms with Crippen LogP contribution in [0.15, 0.2) is 64.5 Å². The number of nitrogens with zero attached hydrogens (tertiary/aromatic N) is 3. The van der Waals surface area contributed by atoms with E-state index in [2.05, 4.69) is 15.2 Å². The van der Waals surface area contributed by atoms with Gasteiger partial charge in [0.15, 0.2) is 0 Å². The highest BCUT2D eigenvalue weighted by molar-refractivity contribution is 8.14. The van der Waals surface area contributed by atoms with Crippen LogP contribution in [0.5, 0.6) is 0 Å². The second-order valence-electron chi connectivity index (χ2n) is 3.86. The summed E-state index contributed by atoms with van der Waals surface area (Å²) in [6.45, 7) is 0. The maximum absolute atomic E-state index is 12.0. The molecular weight excluding hydrogens is 274 g/mol. The van der Waals surface area contributed by atoms with Gasteiger partial charge in [0, 0.05) is 35.3 Å². The molecule has 6 heteroatoms. The lowest BCUT2D eigenvalue weighted by molar-refractivity contribution is 0.108. The van der Waals surface area contributed by atoms with Crippen LogP contribution >= 0.6 is 11.8 Å². The van der Waals surface area contributed by atoms with Crippen molar-refractivity contribution in [3.8, 4) is 11.5 Å². The molecule has 2 aromatic heterocycles. The van der Waals surface area contributed by atoms with Gasteiger partial charge in [-0.25, -0.2) is 0 Å². The molecule has 3 rings (SSSR count). The van der Waals surface area contributed by atoms with Crippen molar-refractivity contribution in [2.75, 3.05) is 0 Å². The zero-order valence-corrected chi connectivity index (χ0v) is 11.1. The van der Waals surface area contributed by atoms with Gasteiger partial charge >= 0.3 is 0 Å². The van der Waals surface area contributed by atoms with Crippen LogP contribution in [-0.4, -0.2) is 20.3 Å². The topological polar surface area (TPSA) is 68.9 Å². The van der Waals surface area contributed by atoms with Gasteiger partial charge < -0.3 is 4.42 Å². The third-order valence-electron chi connectivity index (χ3n) is 2.52. The number of hydrogen-bond donors (Lipinski definition) is 0. The van der Waals surface area contributed by atoms with E-state index in [1.54, 1.807) is 36.7 Å². The van der Waals surface area contributed by atoms with Crippen LogP contribution in [0, 0.1) is 0 Å². The Morgan fingerprint density at radius 1 is 1.00 bits per heavy atom. The Morgan fingerprint density at radius 2 is 1.75 bits per heavy atom. The largest absolute Gasteiger partial charge is 0.411 e. The van der Waals surface area contributed by atoms with Crippen LogP contribution in [0.25, 0.3) is 11.5 Å². The summed E-state index contributed by atoms with van der Waals surface area (Å²) in [5.41, 5.74) is 1.37. The molecular formula is C14H9N3O2S. The fourth-order valence-corrected chi connectivity index (χ4v) is 2.19. The normalized spacial score (nSPS) is 10.4. The van der Waals surface area contributed by atoms with Gasteiger partial charge in [-0.1, -0.05) is 30.3 Å². The molecule has 20 heavy (non-hydrogen) atoms. The molecule has 0 fully saturated rings. The highest BCUT2D eigenvalue weighted by atomic mass is 32.2. The van der Waals surface area contributed by atoms with Crippen LogP contribution in [-0.2, 0) is 0 Å². The summed E-state index contributed by atoms with van der Waals surface area (Å²) in [5.74, 6) is 0.371. The summed E-state index contributed by atoms with van der Waals surface area (Å²) in [5, 5.41) is 7.88. The van der Waals surface area contributed by atoms with Crippen molar-refractivity contribution in [2.24, 2.45) is 0 Å². The number of carbonyl (C=O) groups excluding carboxylic acids is 1. The fourth-order valence-electron chi connectivity index (χ4n) is 1.57. The number of aromatic nitrogens is 3. The van der Waals surface area contributed by atoms with E-state index in [0.717, 1.165) is 17.3 Å². The molecule has 0 aliphatic rings. The Labute approximate surface area is 119 Å². The summed E-state index contributed by atoms with van der Waals surface area (Å²) in [6, 6.07) is 12.5. The number of hydrogen-bond acceptors (Lipinski definition) is 6. The lowest BCUT2D eigenvalue weighted by Crippen LogP contribution is -1.92. The lowest BCUT2D eigenvalue weighted by atomic mass is 10.2. The van der Waals surface area contributed by atoms with Gasteiger partial charge in [-0.05, 0) is 12.1 Å². The molecule has 0 bridgehead atoms. The molecule has 0 amide bonds. The van der Waals surface area contributed by atoms with E-state index in [4.69, 9.17) is 4.42 Å². The lowest BCUT2D eigenvalue weighted by Gasteiger charge is -1.95. The van der Waals surface area contributed by atoms with Crippen LogP contribution in [0.1, 0.15) is 10.4 Å². The Hall–Kier alpha value is -2.47. The quantitative estimate of drug-likeness (QED) is 0.688. The van der Waals surface area contributed by atoms with Crippen molar-refractivity contribution < 1.29 is 9.21 Å². The summed E-state index contributed by atoms with van der Waals surface area (Å²) in [4.78, 5) is 15.9. The van der Waals surface area contributed by atoms with Gasteiger partial charge in [-0.15, -0.1) is 10.2 Å². The Kier molecular flexibility index (Phi) is 3.56. The van der Waals surface area contributed by atoms with E-state index in [0.29, 0.717) is 11.5 Å². The zero-order chi connectivity index (χ0) is 13.8. The zero-order valence-electron chi connectivity index (χ0n) is 10.3. The standard InChI is InChI=1S/C14H9N3O2S/c18-13(11-4-2-1-3-5-11)20-14-17-16-12(19-14)10-6-8-15-9-7-10/h1-9H. The number of pyridine rings is 1. The van der Waals surface area contributed by atoms with Crippen molar-refractivity contribution in [1.82, 2.24) is 15.2 Å². The Morgan fingerprint density at radius 3 is 2.50 bits per heavy atom. The van der Waals surface area contributed by atoms with Gasteiger partial charge in [0.2, 0.25) is 11.0 Å². The highest BCUT2D eigenvalue weighted by Gasteiger charge is 2.14. The third-order valence-corrected chi connectivity index (χ3v) is 3.28. The predicted octanol–water partition coefficient (Wildman–Crippen LogP) is 3.06. The molecule has 0 atom stereocenters. The Bertz CT molecular complexity index is 714. The maximum atomic E-state index is 12.0. The van der Waals surface area contributed by atoms with E-state index in [1.807, 2.05) is 18.2 Å².